The summed E-state index contributed by atoms with van der Waals surface area (Å²) in [6.07, 6.45) is 1.84. The smallest absolute Gasteiger partial charge is 0.241 e. The van der Waals surface area contributed by atoms with Crippen LogP contribution in [0.1, 0.15) is 18.9 Å². The van der Waals surface area contributed by atoms with Gasteiger partial charge < -0.3 is 25.6 Å². The average molecular weight is 505 g/mol. The maximum atomic E-state index is 12.0. The Labute approximate surface area is 186 Å². The van der Waals surface area contributed by atoms with Crippen molar-refractivity contribution in [1.29, 1.82) is 0 Å². The van der Waals surface area contributed by atoms with Crippen LogP contribution < -0.4 is 16.0 Å². The first-order valence-electron chi connectivity index (χ1n) is 9.66. The normalized spacial score (nSPS) is 11.1. The number of methoxy groups -OCH3 is 1. The van der Waals surface area contributed by atoms with Gasteiger partial charge >= 0.3 is 0 Å². The minimum Gasteiger partial charge on any atom is -0.385 e. The summed E-state index contributed by atoms with van der Waals surface area (Å²) in [7, 11) is 3.81. The molecule has 0 bridgehead atoms. The van der Waals surface area contributed by atoms with Gasteiger partial charge in [0.15, 0.2) is 5.96 Å². The van der Waals surface area contributed by atoms with Crippen molar-refractivity contribution in [1.82, 2.24) is 20.9 Å². The first-order chi connectivity index (χ1) is 13.2. The van der Waals surface area contributed by atoms with E-state index in [1.807, 2.05) is 25.1 Å². The molecule has 0 fully saturated rings. The second kappa shape index (κ2) is 17.7. The van der Waals surface area contributed by atoms with E-state index >= 15 is 0 Å². The SMILES string of the molecule is CCNC(=NCC(=O)NCCc1ccccc1)NCCN(C)CCCOC.I. The van der Waals surface area contributed by atoms with Crippen LogP contribution in [0, 0.1) is 0 Å². The fourth-order valence-corrected chi connectivity index (χ4v) is 2.50. The van der Waals surface area contributed by atoms with Gasteiger partial charge in [0, 0.05) is 46.4 Å². The molecule has 0 aromatic heterocycles. The zero-order valence-electron chi connectivity index (χ0n) is 17.4. The molecule has 0 heterocycles. The number of guanidine groups is 1. The molecule has 1 amide bonds. The summed E-state index contributed by atoms with van der Waals surface area (Å²) in [6, 6.07) is 10.1. The molecule has 1 aromatic carbocycles. The van der Waals surface area contributed by atoms with Crippen molar-refractivity contribution in [3.05, 3.63) is 35.9 Å². The molecule has 1 rings (SSSR count). The Morgan fingerprint density at radius 1 is 1.11 bits per heavy atom. The van der Waals surface area contributed by atoms with Crippen LogP contribution >= 0.6 is 24.0 Å². The molecule has 0 aliphatic heterocycles. The monoisotopic (exact) mass is 505 g/mol. The molecule has 1 aromatic rings. The van der Waals surface area contributed by atoms with Crippen molar-refractivity contribution >= 4 is 35.8 Å². The molecular weight excluding hydrogens is 469 g/mol. The maximum absolute atomic E-state index is 12.0. The van der Waals surface area contributed by atoms with Crippen molar-refractivity contribution in [3.63, 3.8) is 0 Å². The van der Waals surface area contributed by atoms with Gasteiger partial charge in [-0.2, -0.15) is 0 Å². The zero-order valence-corrected chi connectivity index (χ0v) is 19.7. The number of carbonyl (C=O) groups excluding carboxylic acids is 1. The first-order valence-corrected chi connectivity index (χ1v) is 9.66. The van der Waals surface area contributed by atoms with Crippen LogP contribution in [0.15, 0.2) is 35.3 Å². The summed E-state index contributed by atoms with van der Waals surface area (Å²) in [5, 5.41) is 9.34. The van der Waals surface area contributed by atoms with E-state index in [4.69, 9.17) is 4.74 Å². The van der Waals surface area contributed by atoms with E-state index in [2.05, 4.69) is 45.0 Å². The van der Waals surface area contributed by atoms with E-state index in [1.165, 1.54) is 5.56 Å². The minimum absolute atomic E-state index is 0. The standard InChI is InChI=1S/C20H35N5O2.HI/c1-4-21-20(23-13-15-25(2)14-8-16-27-3)24-17-19(26)22-12-11-18-9-6-5-7-10-18;/h5-7,9-10H,4,8,11-17H2,1-3H3,(H,22,26)(H2,21,23,24);1H. The molecule has 28 heavy (non-hydrogen) atoms. The van der Waals surface area contributed by atoms with Gasteiger partial charge in [-0.1, -0.05) is 30.3 Å². The third-order valence-corrected chi connectivity index (χ3v) is 3.98. The summed E-state index contributed by atoms with van der Waals surface area (Å²) in [6.45, 7) is 6.94. The lowest BCUT2D eigenvalue weighted by molar-refractivity contribution is -0.119. The second-order valence-corrected chi connectivity index (χ2v) is 6.36. The van der Waals surface area contributed by atoms with Crippen molar-refractivity contribution in [3.8, 4) is 0 Å². The molecule has 0 atom stereocenters. The molecule has 0 radical (unpaired) electrons. The Morgan fingerprint density at radius 3 is 2.54 bits per heavy atom. The summed E-state index contributed by atoms with van der Waals surface area (Å²) in [5.41, 5.74) is 1.21. The van der Waals surface area contributed by atoms with Crippen molar-refractivity contribution < 1.29 is 9.53 Å². The van der Waals surface area contributed by atoms with Crippen LogP contribution in [0.2, 0.25) is 0 Å². The van der Waals surface area contributed by atoms with Gasteiger partial charge in [0.25, 0.3) is 0 Å². The van der Waals surface area contributed by atoms with Gasteiger partial charge in [0.05, 0.1) is 0 Å². The lowest BCUT2D eigenvalue weighted by Gasteiger charge is -2.18. The van der Waals surface area contributed by atoms with Crippen LogP contribution in [-0.4, -0.2) is 76.8 Å². The van der Waals surface area contributed by atoms with E-state index < -0.39 is 0 Å². The Bertz CT molecular complexity index is 543. The van der Waals surface area contributed by atoms with E-state index in [-0.39, 0.29) is 36.4 Å². The number of aliphatic imine (C=N–C) groups is 1. The number of hydrogen-bond donors (Lipinski definition) is 3. The molecule has 0 saturated carbocycles. The lowest BCUT2D eigenvalue weighted by Crippen LogP contribution is -2.42. The zero-order chi connectivity index (χ0) is 19.7. The maximum Gasteiger partial charge on any atom is 0.241 e. The second-order valence-electron chi connectivity index (χ2n) is 6.36. The van der Waals surface area contributed by atoms with E-state index in [1.54, 1.807) is 7.11 Å². The number of amides is 1. The summed E-state index contributed by atoms with van der Waals surface area (Å²) in [4.78, 5) is 18.6. The predicted octanol–water partition coefficient (Wildman–Crippen LogP) is 1.49. The van der Waals surface area contributed by atoms with Crippen LogP contribution in [-0.2, 0) is 16.0 Å². The fraction of sp³-hybridized carbons (Fsp3) is 0.600. The highest BCUT2D eigenvalue weighted by Crippen LogP contribution is 1.98. The van der Waals surface area contributed by atoms with Gasteiger partial charge in [0.2, 0.25) is 5.91 Å². The summed E-state index contributed by atoms with van der Waals surface area (Å²) < 4.78 is 5.06. The van der Waals surface area contributed by atoms with Gasteiger partial charge in [-0.15, -0.1) is 24.0 Å². The van der Waals surface area contributed by atoms with Crippen molar-refractivity contribution in [2.45, 2.75) is 19.8 Å². The predicted molar refractivity (Wildman–Crippen MR) is 127 cm³/mol. The highest BCUT2D eigenvalue weighted by molar-refractivity contribution is 14.0. The fourth-order valence-electron chi connectivity index (χ4n) is 2.50. The van der Waals surface area contributed by atoms with Gasteiger partial charge in [-0.25, -0.2) is 4.99 Å². The molecule has 0 aliphatic carbocycles. The molecule has 0 unspecified atom stereocenters. The number of halogens is 1. The molecule has 0 aliphatic rings. The molecule has 0 spiro atoms. The molecule has 8 heteroatoms. The number of benzene rings is 1. The third kappa shape index (κ3) is 13.7. The van der Waals surface area contributed by atoms with Gasteiger partial charge in [-0.3, -0.25) is 4.79 Å². The topological polar surface area (TPSA) is 78.0 Å². The van der Waals surface area contributed by atoms with Crippen molar-refractivity contribution in [2.75, 3.05) is 60.0 Å². The molecule has 7 nitrogen and oxygen atoms in total. The van der Waals surface area contributed by atoms with Crippen LogP contribution in [0.3, 0.4) is 0 Å². The third-order valence-electron chi connectivity index (χ3n) is 3.98. The van der Waals surface area contributed by atoms with E-state index in [9.17, 15) is 4.79 Å². The van der Waals surface area contributed by atoms with E-state index in [0.717, 1.165) is 45.6 Å². The number of carbonyl (C=O) groups is 1. The van der Waals surface area contributed by atoms with Gasteiger partial charge in [-0.05, 0) is 32.4 Å². The molecular formula is C20H36IN5O2. The van der Waals surface area contributed by atoms with Crippen LogP contribution in [0.5, 0.6) is 0 Å². The summed E-state index contributed by atoms with van der Waals surface area (Å²) in [5.74, 6) is 0.598. The average Bonchev–Trinajstić information content (AvgIpc) is 2.67. The first kappa shape index (κ1) is 26.6. The number of nitrogens with one attached hydrogen (secondary N) is 3. The molecule has 3 N–H and O–H groups in total. The van der Waals surface area contributed by atoms with Crippen LogP contribution in [0.25, 0.3) is 0 Å². The highest BCUT2D eigenvalue weighted by atomic mass is 127. The minimum atomic E-state index is -0.0696. The Kier molecular flexibility index (Phi) is 16.8. The summed E-state index contributed by atoms with van der Waals surface area (Å²) >= 11 is 0. The highest BCUT2D eigenvalue weighted by Gasteiger charge is 2.03. The number of hydrogen-bond acceptors (Lipinski definition) is 4. The van der Waals surface area contributed by atoms with Gasteiger partial charge in [0.1, 0.15) is 6.54 Å². The number of likely N-dealkylation sites (N-methyl/N-ethyl adjacent to an activating group) is 1. The van der Waals surface area contributed by atoms with E-state index in [0.29, 0.717) is 12.5 Å². The lowest BCUT2D eigenvalue weighted by atomic mass is 10.1. The number of ether oxygens (including phenoxy) is 1. The Morgan fingerprint density at radius 2 is 1.86 bits per heavy atom. The quantitative estimate of drug-likeness (QED) is 0.164. The number of nitrogens with zero attached hydrogens (tertiary/aromatic N) is 2. The Balaban J connectivity index is 0.00000729. The molecule has 160 valence electrons. The number of rotatable bonds is 13. The Hall–Kier alpha value is -1.39. The molecule has 0 saturated heterocycles. The largest absolute Gasteiger partial charge is 0.385 e. The van der Waals surface area contributed by atoms with Crippen LogP contribution in [0.4, 0.5) is 0 Å². The van der Waals surface area contributed by atoms with Crippen molar-refractivity contribution in [2.24, 2.45) is 4.99 Å².